The molecule has 17 heavy (non-hydrogen) atoms. The molecule has 0 aliphatic rings. The Kier molecular flexibility index (Phi) is 3.77. The van der Waals surface area contributed by atoms with Gasteiger partial charge >= 0.3 is 0 Å². The molecule has 2 rings (SSSR count). The molecule has 1 heterocycles. The summed E-state index contributed by atoms with van der Waals surface area (Å²) in [5.74, 6) is 6.96. The smallest absolute Gasteiger partial charge is 0.147 e. The lowest BCUT2D eigenvalue weighted by atomic mass is 10.1. The minimum atomic E-state index is 0.670. The van der Waals surface area contributed by atoms with E-state index in [4.69, 9.17) is 10.6 Å². The molecule has 1 aromatic heterocycles. The first-order valence-electron chi connectivity index (χ1n) is 5.83. The van der Waals surface area contributed by atoms with E-state index >= 15 is 0 Å². The number of nitrogens with one attached hydrogen (secondary N) is 1. The number of pyridine rings is 1. The summed E-state index contributed by atoms with van der Waals surface area (Å²) in [4.78, 5) is 4.17. The van der Waals surface area contributed by atoms with Gasteiger partial charge in [0.05, 0.1) is 6.61 Å². The Hall–Kier alpha value is -1.81. The molecule has 0 saturated carbocycles. The van der Waals surface area contributed by atoms with Crippen LogP contribution in [0, 0.1) is 0 Å². The molecule has 2 aromatic rings. The number of hydrogen-bond donors (Lipinski definition) is 2. The van der Waals surface area contributed by atoms with E-state index in [2.05, 4.69) is 17.3 Å². The van der Waals surface area contributed by atoms with Crippen LogP contribution in [0.5, 0.6) is 5.75 Å². The van der Waals surface area contributed by atoms with Gasteiger partial charge in [0, 0.05) is 11.6 Å². The fraction of sp³-hybridized carbons (Fsp3) is 0.308. The van der Waals surface area contributed by atoms with Crippen molar-refractivity contribution in [2.24, 2.45) is 5.84 Å². The summed E-state index contributed by atoms with van der Waals surface area (Å²) in [6.45, 7) is 2.89. The van der Waals surface area contributed by atoms with Crippen LogP contribution in [0.4, 0.5) is 5.82 Å². The number of hydrazine groups is 1. The van der Waals surface area contributed by atoms with Crippen molar-refractivity contribution in [2.75, 3.05) is 12.0 Å². The summed E-state index contributed by atoms with van der Waals surface area (Å²) in [6.07, 6.45) is 3.92. The van der Waals surface area contributed by atoms with E-state index in [1.165, 1.54) is 0 Å². The molecule has 0 unspecified atom stereocenters. The Balaban J connectivity index is 2.28. The largest absolute Gasteiger partial charge is 0.494 e. The van der Waals surface area contributed by atoms with Crippen LogP contribution in [-0.4, -0.2) is 11.6 Å². The predicted octanol–water partition coefficient (Wildman–Crippen LogP) is 2.70. The molecule has 0 fully saturated rings. The van der Waals surface area contributed by atoms with Gasteiger partial charge in [-0.05, 0) is 30.0 Å². The Morgan fingerprint density at radius 3 is 3.00 bits per heavy atom. The number of aromatic nitrogens is 1. The molecule has 4 heteroatoms. The zero-order valence-corrected chi connectivity index (χ0v) is 9.94. The third-order valence-corrected chi connectivity index (χ3v) is 2.64. The number of rotatable bonds is 5. The highest BCUT2D eigenvalue weighted by atomic mass is 16.5. The lowest BCUT2D eigenvalue weighted by Crippen LogP contribution is -2.08. The van der Waals surface area contributed by atoms with Crippen LogP contribution >= 0.6 is 0 Å². The first-order chi connectivity index (χ1) is 8.35. The van der Waals surface area contributed by atoms with Gasteiger partial charge in [-0.2, -0.15) is 0 Å². The van der Waals surface area contributed by atoms with Gasteiger partial charge in [0.1, 0.15) is 11.6 Å². The van der Waals surface area contributed by atoms with Gasteiger partial charge in [-0.1, -0.05) is 19.4 Å². The number of hydrogen-bond acceptors (Lipinski definition) is 4. The van der Waals surface area contributed by atoms with Crippen LogP contribution in [0.25, 0.3) is 10.8 Å². The van der Waals surface area contributed by atoms with Crippen molar-refractivity contribution in [3.63, 3.8) is 0 Å². The molecule has 0 radical (unpaired) electrons. The first-order valence-corrected chi connectivity index (χ1v) is 5.83. The van der Waals surface area contributed by atoms with E-state index in [9.17, 15) is 0 Å². The highest BCUT2D eigenvalue weighted by Gasteiger charge is 2.02. The van der Waals surface area contributed by atoms with Gasteiger partial charge in [0.2, 0.25) is 0 Å². The lowest BCUT2D eigenvalue weighted by Gasteiger charge is -2.08. The highest BCUT2D eigenvalue weighted by molar-refractivity contribution is 5.92. The summed E-state index contributed by atoms with van der Waals surface area (Å²) < 4.78 is 5.66. The summed E-state index contributed by atoms with van der Waals surface area (Å²) in [5, 5.41) is 2.07. The summed E-state index contributed by atoms with van der Waals surface area (Å²) in [6, 6.07) is 7.90. The molecule has 4 nitrogen and oxygen atoms in total. The van der Waals surface area contributed by atoms with Crippen LogP contribution in [0.3, 0.4) is 0 Å². The molecule has 0 aliphatic heterocycles. The number of ether oxygens (including phenoxy) is 1. The van der Waals surface area contributed by atoms with Gasteiger partial charge in [0.15, 0.2) is 0 Å². The Labute approximate surface area is 101 Å². The molecule has 90 valence electrons. The summed E-state index contributed by atoms with van der Waals surface area (Å²) in [7, 11) is 0. The number of nitrogens with zero attached hydrogens (tertiary/aromatic N) is 1. The van der Waals surface area contributed by atoms with Crippen molar-refractivity contribution >= 4 is 16.6 Å². The van der Waals surface area contributed by atoms with Gasteiger partial charge < -0.3 is 10.2 Å². The van der Waals surface area contributed by atoms with Crippen molar-refractivity contribution in [1.29, 1.82) is 0 Å². The van der Waals surface area contributed by atoms with Crippen molar-refractivity contribution in [1.82, 2.24) is 4.98 Å². The molecule has 0 bridgehead atoms. The third kappa shape index (κ3) is 2.65. The zero-order chi connectivity index (χ0) is 12.1. The van der Waals surface area contributed by atoms with Crippen molar-refractivity contribution < 1.29 is 4.74 Å². The Morgan fingerprint density at radius 2 is 2.24 bits per heavy atom. The fourth-order valence-electron chi connectivity index (χ4n) is 1.69. The van der Waals surface area contributed by atoms with Crippen LogP contribution < -0.4 is 16.0 Å². The maximum absolute atomic E-state index is 5.66. The lowest BCUT2D eigenvalue weighted by molar-refractivity contribution is 0.310. The van der Waals surface area contributed by atoms with E-state index in [0.717, 1.165) is 36.0 Å². The van der Waals surface area contributed by atoms with E-state index < -0.39 is 0 Å². The number of benzene rings is 1. The topological polar surface area (TPSA) is 60.2 Å². The van der Waals surface area contributed by atoms with Crippen LogP contribution in [0.15, 0.2) is 30.5 Å². The van der Waals surface area contributed by atoms with Gasteiger partial charge in [-0.15, -0.1) is 0 Å². The first kappa shape index (κ1) is 11.7. The Bertz CT molecular complexity index is 499. The van der Waals surface area contributed by atoms with E-state index in [-0.39, 0.29) is 0 Å². The average molecular weight is 231 g/mol. The molecule has 0 amide bonds. The number of anilines is 1. The standard InChI is InChI=1S/C13H17N3O/c1-2-3-8-17-11-5-4-10-6-7-15-13(16-14)12(10)9-11/h4-7,9H,2-3,8,14H2,1H3,(H,15,16). The SMILES string of the molecule is CCCCOc1ccc2ccnc(NN)c2c1. The average Bonchev–Trinajstić information content (AvgIpc) is 2.38. The number of nitrogen functional groups attached to an aromatic ring is 1. The molecular formula is C13H17N3O. The summed E-state index contributed by atoms with van der Waals surface area (Å²) in [5.41, 5.74) is 2.60. The van der Waals surface area contributed by atoms with E-state index in [0.29, 0.717) is 5.82 Å². The van der Waals surface area contributed by atoms with Crippen molar-refractivity contribution in [2.45, 2.75) is 19.8 Å². The molecular weight excluding hydrogens is 214 g/mol. The minimum absolute atomic E-state index is 0.670. The number of fused-ring (bicyclic) bond motifs is 1. The van der Waals surface area contributed by atoms with Gasteiger partial charge in [-0.25, -0.2) is 10.8 Å². The van der Waals surface area contributed by atoms with Crippen molar-refractivity contribution in [3.8, 4) is 5.75 Å². The Morgan fingerprint density at radius 1 is 1.35 bits per heavy atom. The maximum atomic E-state index is 5.66. The second-order valence-corrected chi connectivity index (χ2v) is 3.89. The van der Waals surface area contributed by atoms with Crippen molar-refractivity contribution in [3.05, 3.63) is 30.5 Å². The maximum Gasteiger partial charge on any atom is 0.147 e. The number of unbranched alkanes of at least 4 members (excludes halogenated alkanes) is 1. The monoisotopic (exact) mass is 231 g/mol. The zero-order valence-electron chi connectivity index (χ0n) is 9.94. The second-order valence-electron chi connectivity index (χ2n) is 3.89. The second kappa shape index (κ2) is 5.50. The van der Waals surface area contributed by atoms with Gasteiger partial charge in [-0.3, -0.25) is 0 Å². The van der Waals surface area contributed by atoms with Crippen LogP contribution in [-0.2, 0) is 0 Å². The highest BCUT2D eigenvalue weighted by Crippen LogP contribution is 2.25. The minimum Gasteiger partial charge on any atom is -0.494 e. The third-order valence-electron chi connectivity index (χ3n) is 2.64. The van der Waals surface area contributed by atoms with E-state index in [1.807, 2.05) is 24.3 Å². The fourth-order valence-corrected chi connectivity index (χ4v) is 1.69. The molecule has 0 spiro atoms. The van der Waals surface area contributed by atoms with Crippen LogP contribution in [0.1, 0.15) is 19.8 Å². The molecule has 0 saturated heterocycles. The predicted molar refractivity (Wildman–Crippen MR) is 70.0 cm³/mol. The molecule has 0 atom stereocenters. The molecule has 0 aliphatic carbocycles. The van der Waals surface area contributed by atoms with E-state index in [1.54, 1.807) is 6.20 Å². The molecule has 3 N–H and O–H groups in total. The summed E-state index contributed by atoms with van der Waals surface area (Å²) >= 11 is 0. The van der Waals surface area contributed by atoms with Crippen LogP contribution in [0.2, 0.25) is 0 Å². The number of nitrogens with two attached hydrogens (primary N) is 1. The van der Waals surface area contributed by atoms with Gasteiger partial charge in [0.25, 0.3) is 0 Å². The quantitative estimate of drug-likeness (QED) is 0.472. The normalized spacial score (nSPS) is 10.5. The molecule has 1 aromatic carbocycles.